The molecule has 0 amide bonds. The molecule has 3 nitrogen and oxygen atoms in total. The molecule has 1 N–H and O–H groups in total. The molecule has 1 saturated heterocycles. The van der Waals surface area contributed by atoms with Crippen LogP contribution in [0.15, 0.2) is 54.6 Å². The summed E-state index contributed by atoms with van der Waals surface area (Å²) >= 11 is 0. The molecule has 134 valence electrons. The maximum absolute atomic E-state index is 10.6. The number of hydrogen-bond donors (Lipinski definition) is 1. The quantitative estimate of drug-likeness (QED) is 0.827. The molecule has 3 rings (SSSR count). The van der Waals surface area contributed by atoms with Crippen molar-refractivity contribution >= 4 is 0 Å². The molecule has 0 bridgehead atoms. The average molecular weight is 339 g/mol. The molecule has 2 aromatic rings. The molecule has 2 unspecified atom stereocenters. The monoisotopic (exact) mass is 339 g/mol. The van der Waals surface area contributed by atoms with Gasteiger partial charge in [0.25, 0.3) is 0 Å². The first-order chi connectivity index (χ1) is 12.1. The standard InChI is InChI=1S/C22H29NO2/c1-3-13-23-14-12-22(17-23,18(2)24)20-10-7-11-21(15-20)25-16-19-8-5-4-6-9-19/h4-11,15,18,24H,3,12-14,16-17H2,1-2H3. The highest BCUT2D eigenvalue weighted by molar-refractivity contribution is 5.36. The van der Waals surface area contributed by atoms with E-state index in [9.17, 15) is 5.11 Å². The summed E-state index contributed by atoms with van der Waals surface area (Å²) in [4.78, 5) is 2.46. The number of benzene rings is 2. The SMILES string of the molecule is CCCN1CCC(c2cccc(OCc3ccccc3)c2)(C(C)O)C1. The van der Waals surface area contributed by atoms with Gasteiger partial charge in [-0.1, -0.05) is 49.4 Å². The molecule has 1 fully saturated rings. The van der Waals surface area contributed by atoms with Gasteiger partial charge in [-0.3, -0.25) is 0 Å². The fraction of sp³-hybridized carbons (Fsp3) is 0.455. The van der Waals surface area contributed by atoms with E-state index in [0.29, 0.717) is 6.61 Å². The van der Waals surface area contributed by atoms with Crippen molar-refractivity contribution in [3.05, 3.63) is 65.7 Å². The topological polar surface area (TPSA) is 32.7 Å². The minimum absolute atomic E-state index is 0.193. The molecular weight excluding hydrogens is 310 g/mol. The van der Waals surface area contributed by atoms with E-state index in [1.807, 2.05) is 37.3 Å². The van der Waals surface area contributed by atoms with Gasteiger partial charge in [0, 0.05) is 12.0 Å². The summed E-state index contributed by atoms with van der Waals surface area (Å²) in [7, 11) is 0. The lowest BCUT2D eigenvalue weighted by Crippen LogP contribution is -2.40. The van der Waals surface area contributed by atoms with Gasteiger partial charge in [0.1, 0.15) is 12.4 Å². The summed E-state index contributed by atoms with van der Waals surface area (Å²) in [6, 6.07) is 18.5. The Kier molecular flexibility index (Phi) is 5.77. The van der Waals surface area contributed by atoms with E-state index in [-0.39, 0.29) is 11.5 Å². The van der Waals surface area contributed by atoms with Gasteiger partial charge in [-0.25, -0.2) is 0 Å². The van der Waals surface area contributed by atoms with Gasteiger partial charge >= 0.3 is 0 Å². The number of hydrogen-bond acceptors (Lipinski definition) is 3. The average Bonchev–Trinajstić information content (AvgIpc) is 3.07. The highest BCUT2D eigenvalue weighted by Crippen LogP contribution is 2.39. The Balaban J connectivity index is 1.77. The molecule has 25 heavy (non-hydrogen) atoms. The normalized spacial score (nSPS) is 22.0. The van der Waals surface area contributed by atoms with Gasteiger partial charge in [-0.2, -0.15) is 0 Å². The molecule has 1 heterocycles. The fourth-order valence-corrected chi connectivity index (χ4v) is 3.88. The summed E-state index contributed by atoms with van der Waals surface area (Å²) in [5, 5.41) is 10.6. The van der Waals surface area contributed by atoms with Crippen LogP contribution in [-0.4, -0.2) is 35.7 Å². The van der Waals surface area contributed by atoms with Crippen molar-refractivity contribution in [2.24, 2.45) is 0 Å². The van der Waals surface area contributed by atoms with E-state index in [1.54, 1.807) is 0 Å². The Morgan fingerprint density at radius 1 is 1.16 bits per heavy atom. The molecule has 0 aromatic heterocycles. The molecule has 2 aromatic carbocycles. The Labute approximate surface area is 151 Å². The second-order valence-electron chi connectivity index (χ2n) is 7.16. The molecule has 0 radical (unpaired) electrons. The van der Waals surface area contributed by atoms with Gasteiger partial charge in [0.05, 0.1) is 6.10 Å². The zero-order chi connectivity index (χ0) is 17.7. The van der Waals surface area contributed by atoms with Crippen LogP contribution in [0, 0.1) is 0 Å². The van der Waals surface area contributed by atoms with Crippen LogP contribution in [0.3, 0.4) is 0 Å². The van der Waals surface area contributed by atoms with Crippen molar-refractivity contribution in [2.45, 2.75) is 44.8 Å². The number of aliphatic hydroxyl groups is 1. The highest BCUT2D eigenvalue weighted by atomic mass is 16.5. The van der Waals surface area contributed by atoms with E-state index in [2.05, 4.69) is 36.1 Å². The lowest BCUT2D eigenvalue weighted by atomic mass is 9.75. The van der Waals surface area contributed by atoms with E-state index in [4.69, 9.17) is 4.74 Å². The zero-order valence-corrected chi connectivity index (χ0v) is 15.3. The first-order valence-electron chi connectivity index (χ1n) is 9.32. The van der Waals surface area contributed by atoms with Crippen molar-refractivity contribution in [1.29, 1.82) is 0 Å². The summed E-state index contributed by atoms with van der Waals surface area (Å²) in [5.74, 6) is 0.871. The first kappa shape index (κ1) is 18.0. The molecule has 1 aliphatic rings. The second-order valence-corrected chi connectivity index (χ2v) is 7.16. The Bertz CT molecular complexity index is 671. The van der Waals surface area contributed by atoms with E-state index >= 15 is 0 Å². The number of aliphatic hydroxyl groups excluding tert-OH is 1. The third-order valence-electron chi connectivity index (χ3n) is 5.38. The lowest BCUT2D eigenvalue weighted by Gasteiger charge is -2.33. The van der Waals surface area contributed by atoms with Crippen LogP contribution < -0.4 is 4.74 Å². The minimum atomic E-state index is -0.376. The van der Waals surface area contributed by atoms with E-state index < -0.39 is 0 Å². The lowest BCUT2D eigenvalue weighted by molar-refractivity contribution is 0.0987. The fourth-order valence-electron chi connectivity index (χ4n) is 3.88. The number of nitrogens with zero attached hydrogens (tertiary/aromatic N) is 1. The van der Waals surface area contributed by atoms with Crippen molar-refractivity contribution < 1.29 is 9.84 Å². The van der Waals surface area contributed by atoms with Crippen molar-refractivity contribution in [1.82, 2.24) is 4.90 Å². The summed E-state index contributed by atoms with van der Waals surface area (Å²) in [5.41, 5.74) is 2.15. The summed E-state index contributed by atoms with van der Waals surface area (Å²) < 4.78 is 6.00. The van der Waals surface area contributed by atoms with Crippen LogP contribution in [-0.2, 0) is 12.0 Å². The van der Waals surface area contributed by atoms with Crippen LogP contribution in [0.25, 0.3) is 0 Å². The molecule has 0 saturated carbocycles. The largest absolute Gasteiger partial charge is 0.489 e. The van der Waals surface area contributed by atoms with Crippen LogP contribution in [0.5, 0.6) is 5.75 Å². The van der Waals surface area contributed by atoms with Crippen molar-refractivity contribution in [3.63, 3.8) is 0 Å². The van der Waals surface area contributed by atoms with E-state index in [1.165, 1.54) is 5.56 Å². The number of ether oxygens (including phenoxy) is 1. The van der Waals surface area contributed by atoms with Crippen molar-refractivity contribution in [2.75, 3.05) is 19.6 Å². The molecule has 0 aliphatic carbocycles. The Hall–Kier alpha value is -1.84. The number of rotatable bonds is 7. The van der Waals surface area contributed by atoms with Crippen LogP contribution in [0.2, 0.25) is 0 Å². The second kappa shape index (κ2) is 8.03. The van der Waals surface area contributed by atoms with Gasteiger partial charge in [0.2, 0.25) is 0 Å². The smallest absolute Gasteiger partial charge is 0.120 e. The van der Waals surface area contributed by atoms with Gasteiger partial charge in [0.15, 0.2) is 0 Å². The molecule has 1 aliphatic heterocycles. The summed E-state index contributed by atoms with van der Waals surface area (Å²) in [6.07, 6.45) is 1.77. The third-order valence-corrected chi connectivity index (χ3v) is 5.38. The van der Waals surface area contributed by atoms with Gasteiger partial charge < -0.3 is 14.7 Å². The van der Waals surface area contributed by atoms with Crippen LogP contribution in [0.1, 0.15) is 37.8 Å². The Morgan fingerprint density at radius 2 is 1.96 bits per heavy atom. The molecule has 3 heteroatoms. The predicted molar refractivity (Wildman–Crippen MR) is 102 cm³/mol. The maximum Gasteiger partial charge on any atom is 0.120 e. The number of likely N-dealkylation sites (tertiary alicyclic amines) is 1. The van der Waals surface area contributed by atoms with Crippen LogP contribution in [0.4, 0.5) is 0 Å². The predicted octanol–water partition coefficient (Wildman–Crippen LogP) is 4.00. The highest BCUT2D eigenvalue weighted by Gasteiger charge is 2.43. The zero-order valence-electron chi connectivity index (χ0n) is 15.3. The van der Waals surface area contributed by atoms with Crippen molar-refractivity contribution in [3.8, 4) is 5.75 Å². The minimum Gasteiger partial charge on any atom is -0.489 e. The molecular formula is C22H29NO2. The van der Waals surface area contributed by atoms with E-state index in [0.717, 1.165) is 43.8 Å². The first-order valence-corrected chi connectivity index (χ1v) is 9.32. The van der Waals surface area contributed by atoms with Gasteiger partial charge in [-0.15, -0.1) is 0 Å². The van der Waals surface area contributed by atoms with Crippen LogP contribution >= 0.6 is 0 Å². The maximum atomic E-state index is 10.6. The summed E-state index contributed by atoms with van der Waals surface area (Å²) in [6.45, 7) is 7.76. The Morgan fingerprint density at radius 3 is 2.68 bits per heavy atom. The third kappa shape index (κ3) is 4.05. The molecule has 2 atom stereocenters. The van der Waals surface area contributed by atoms with Gasteiger partial charge in [-0.05, 0) is 56.1 Å². The molecule has 0 spiro atoms.